The average molecular weight is 343 g/mol. The van der Waals surface area contributed by atoms with Crippen molar-refractivity contribution in [2.75, 3.05) is 33.3 Å². The van der Waals surface area contributed by atoms with E-state index in [1.54, 1.807) is 11.8 Å². The number of nitrogens with zero attached hydrogens (tertiary/aromatic N) is 1. The fraction of sp³-hybridized carbons (Fsp3) is 0.400. The molecule has 1 fully saturated rings. The molecule has 0 spiro atoms. The van der Waals surface area contributed by atoms with Crippen LogP contribution < -0.4 is 10.1 Å². The van der Waals surface area contributed by atoms with Crippen LogP contribution in [0.5, 0.6) is 5.75 Å². The molecule has 1 N–H and O–H groups in total. The number of benzene rings is 2. The van der Waals surface area contributed by atoms with Gasteiger partial charge in [-0.2, -0.15) is 0 Å². The van der Waals surface area contributed by atoms with Crippen LogP contribution in [0, 0.1) is 0 Å². The molecule has 2 aromatic rings. The summed E-state index contributed by atoms with van der Waals surface area (Å²) >= 11 is 1.77. The Balaban J connectivity index is 1.37. The van der Waals surface area contributed by atoms with Crippen molar-refractivity contribution in [1.82, 2.24) is 10.2 Å². The zero-order valence-electron chi connectivity index (χ0n) is 14.3. The van der Waals surface area contributed by atoms with Crippen molar-refractivity contribution in [3.05, 3.63) is 54.6 Å². The van der Waals surface area contributed by atoms with E-state index in [0.717, 1.165) is 18.9 Å². The molecule has 24 heavy (non-hydrogen) atoms. The molecule has 0 bridgehead atoms. The van der Waals surface area contributed by atoms with Crippen LogP contribution in [0.3, 0.4) is 0 Å². The minimum absolute atomic E-state index is 0.648. The van der Waals surface area contributed by atoms with Crippen LogP contribution in [0.25, 0.3) is 0 Å². The number of piperidine rings is 1. The van der Waals surface area contributed by atoms with Gasteiger partial charge in [0.15, 0.2) is 0 Å². The molecule has 0 radical (unpaired) electrons. The number of hydrogen-bond donors (Lipinski definition) is 1. The highest BCUT2D eigenvalue weighted by Crippen LogP contribution is 2.28. The maximum atomic E-state index is 5.84. The third-order valence-electron chi connectivity index (χ3n) is 4.33. The number of nitrogens with one attached hydrogen (secondary N) is 1. The van der Waals surface area contributed by atoms with E-state index in [2.05, 4.69) is 65.8 Å². The second-order valence-corrected chi connectivity index (χ2v) is 7.41. The highest BCUT2D eigenvalue weighted by Gasteiger charge is 2.15. The van der Waals surface area contributed by atoms with E-state index >= 15 is 0 Å². The Morgan fingerprint density at radius 1 is 1.00 bits per heavy atom. The molecule has 0 amide bonds. The summed E-state index contributed by atoms with van der Waals surface area (Å²) in [5, 5.41) is 3.60. The Bertz CT molecular complexity index is 595. The van der Waals surface area contributed by atoms with Crippen LogP contribution in [0.2, 0.25) is 0 Å². The van der Waals surface area contributed by atoms with Crippen LogP contribution in [0.4, 0.5) is 0 Å². The summed E-state index contributed by atoms with van der Waals surface area (Å²) in [5.74, 6) is 0.942. The average Bonchev–Trinajstić information content (AvgIpc) is 2.62. The van der Waals surface area contributed by atoms with Gasteiger partial charge in [0.05, 0.1) is 0 Å². The summed E-state index contributed by atoms with van der Waals surface area (Å²) in [7, 11) is 2.19. The van der Waals surface area contributed by atoms with Gasteiger partial charge in [-0.05, 0) is 69.4 Å². The molecule has 0 atom stereocenters. The molecule has 0 saturated carbocycles. The van der Waals surface area contributed by atoms with E-state index in [9.17, 15) is 0 Å². The lowest BCUT2D eigenvalue weighted by Gasteiger charge is -2.29. The molecular weight excluding hydrogens is 316 g/mol. The number of hydrogen-bond acceptors (Lipinski definition) is 4. The molecule has 3 rings (SSSR count). The molecule has 1 aliphatic rings. The predicted molar refractivity (Wildman–Crippen MR) is 101 cm³/mol. The molecule has 0 unspecified atom stereocenters. The molecular formula is C20H26N2OS. The maximum Gasteiger partial charge on any atom is 0.119 e. The summed E-state index contributed by atoms with van der Waals surface area (Å²) in [6, 6.07) is 19.4. The lowest BCUT2D eigenvalue weighted by molar-refractivity contribution is 0.224. The Morgan fingerprint density at radius 2 is 1.67 bits per heavy atom. The van der Waals surface area contributed by atoms with E-state index in [4.69, 9.17) is 4.74 Å². The van der Waals surface area contributed by atoms with E-state index in [1.165, 1.54) is 35.7 Å². The Kier molecular flexibility index (Phi) is 6.58. The summed E-state index contributed by atoms with van der Waals surface area (Å²) in [4.78, 5) is 4.88. The van der Waals surface area contributed by atoms with Gasteiger partial charge in [-0.15, -0.1) is 0 Å². The van der Waals surface area contributed by atoms with Crippen molar-refractivity contribution < 1.29 is 4.74 Å². The molecule has 1 saturated heterocycles. The number of rotatable bonds is 7. The third kappa shape index (κ3) is 5.55. The molecule has 0 aliphatic carbocycles. The largest absolute Gasteiger partial charge is 0.492 e. The van der Waals surface area contributed by atoms with E-state index in [1.807, 2.05) is 6.07 Å². The molecule has 3 nitrogen and oxygen atoms in total. The quantitative estimate of drug-likeness (QED) is 0.771. The van der Waals surface area contributed by atoms with Gasteiger partial charge in [0.25, 0.3) is 0 Å². The zero-order chi connectivity index (χ0) is 16.6. The van der Waals surface area contributed by atoms with Crippen molar-refractivity contribution in [2.45, 2.75) is 28.7 Å². The van der Waals surface area contributed by atoms with Crippen LogP contribution >= 0.6 is 11.8 Å². The molecule has 128 valence electrons. The second-order valence-electron chi connectivity index (χ2n) is 6.27. The van der Waals surface area contributed by atoms with Crippen molar-refractivity contribution in [3.63, 3.8) is 0 Å². The number of ether oxygens (including phenoxy) is 1. The van der Waals surface area contributed by atoms with Crippen LogP contribution in [0.15, 0.2) is 64.4 Å². The molecule has 4 heteroatoms. The Hall–Kier alpha value is -1.49. The van der Waals surface area contributed by atoms with Crippen molar-refractivity contribution in [2.24, 2.45) is 0 Å². The predicted octanol–water partition coefficient (Wildman–Crippen LogP) is 3.90. The molecule has 1 aliphatic heterocycles. The summed E-state index contributed by atoms with van der Waals surface area (Å²) in [6.45, 7) is 4.02. The van der Waals surface area contributed by atoms with Crippen LogP contribution in [-0.2, 0) is 0 Å². The number of likely N-dealkylation sites (tertiary alicyclic amines) is 1. The SMILES string of the molecule is CN1CCC(NCCOc2ccc(Sc3ccccc3)cc2)CC1. The highest BCUT2D eigenvalue weighted by atomic mass is 32.2. The lowest BCUT2D eigenvalue weighted by Crippen LogP contribution is -2.42. The fourth-order valence-corrected chi connectivity index (χ4v) is 3.71. The van der Waals surface area contributed by atoms with Crippen molar-refractivity contribution in [1.29, 1.82) is 0 Å². The van der Waals surface area contributed by atoms with E-state index in [-0.39, 0.29) is 0 Å². The molecule has 1 heterocycles. The van der Waals surface area contributed by atoms with Gasteiger partial charge in [-0.25, -0.2) is 0 Å². The standard InChI is InChI=1S/C20H26N2OS/c1-22-14-11-17(12-15-22)21-13-16-23-18-7-9-20(10-8-18)24-19-5-3-2-4-6-19/h2-10,17,21H,11-16H2,1H3. The highest BCUT2D eigenvalue weighted by molar-refractivity contribution is 7.99. The van der Waals surface area contributed by atoms with Gasteiger partial charge in [0, 0.05) is 22.4 Å². The first-order valence-electron chi connectivity index (χ1n) is 8.67. The summed E-state index contributed by atoms with van der Waals surface area (Å²) in [6.07, 6.45) is 2.48. The smallest absolute Gasteiger partial charge is 0.119 e. The summed E-state index contributed by atoms with van der Waals surface area (Å²) < 4.78 is 5.84. The van der Waals surface area contributed by atoms with Crippen molar-refractivity contribution >= 4 is 11.8 Å². The van der Waals surface area contributed by atoms with Gasteiger partial charge in [-0.3, -0.25) is 0 Å². The minimum atomic E-state index is 0.648. The molecule has 0 aromatic heterocycles. The van der Waals surface area contributed by atoms with Crippen molar-refractivity contribution in [3.8, 4) is 5.75 Å². The monoisotopic (exact) mass is 342 g/mol. The normalized spacial score (nSPS) is 16.2. The first kappa shape index (κ1) is 17.3. The first-order chi connectivity index (χ1) is 11.8. The third-order valence-corrected chi connectivity index (χ3v) is 5.34. The summed E-state index contributed by atoms with van der Waals surface area (Å²) in [5.41, 5.74) is 0. The van der Waals surface area contributed by atoms with Gasteiger partial charge in [0.2, 0.25) is 0 Å². The maximum absolute atomic E-state index is 5.84. The molecule has 2 aromatic carbocycles. The Morgan fingerprint density at radius 3 is 2.38 bits per heavy atom. The first-order valence-corrected chi connectivity index (χ1v) is 9.49. The van der Waals surface area contributed by atoms with Gasteiger partial charge < -0.3 is 15.0 Å². The topological polar surface area (TPSA) is 24.5 Å². The second kappa shape index (κ2) is 9.11. The van der Waals surface area contributed by atoms with Crippen LogP contribution in [-0.4, -0.2) is 44.2 Å². The fourth-order valence-electron chi connectivity index (χ4n) is 2.87. The zero-order valence-corrected chi connectivity index (χ0v) is 15.1. The Labute approximate surface area is 149 Å². The van der Waals surface area contributed by atoms with Gasteiger partial charge >= 0.3 is 0 Å². The lowest BCUT2D eigenvalue weighted by atomic mass is 10.1. The van der Waals surface area contributed by atoms with Gasteiger partial charge in [-0.1, -0.05) is 30.0 Å². The van der Waals surface area contributed by atoms with Gasteiger partial charge in [0.1, 0.15) is 12.4 Å². The van der Waals surface area contributed by atoms with Crippen LogP contribution in [0.1, 0.15) is 12.8 Å². The minimum Gasteiger partial charge on any atom is -0.492 e. The van der Waals surface area contributed by atoms with E-state index in [0.29, 0.717) is 6.04 Å². The van der Waals surface area contributed by atoms with E-state index < -0.39 is 0 Å².